The van der Waals surface area contributed by atoms with Crippen LogP contribution in [0, 0.1) is 0 Å². The number of oxazole rings is 1. The van der Waals surface area contributed by atoms with E-state index >= 15 is 0 Å². The van der Waals surface area contributed by atoms with Crippen molar-refractivity contribution in [1.82, 2.24) is 14.9 Å². The molecule has 9 nitrogen and oxygen atoms in total. The van der Waals surface area contributed by atoms with Crippen LogP contribution >= 0.6 is 0 Å². The largest absolute Gasteiger partial charge is 0.480 e. The molecule has 0 saturated carbocycles. The Morgan fingerprint density at radius 2 is 1.59 bits per heavy atom. The number of aliphatic carboxylic acids is 1. The molecule has 0 unspecified atom stereocenters. The lowest BCUT2D eigenvalue weighted by atomic mass is 9.78. The van der Waals surface area contributed by atoms with Gasteiger partial charge in [-0.05, 0) is 29.4 Å². The van der Waals surface area contributed by atoms with Crippen LogP contribution < -0.4 is 0 Å². The quantitative estimate of drug-likeness (QED) is 0.339. The first-order valence-corrected chi connectivity index (χ1v) is 12.2. The molecule has 196 valence electrons. The number of rotatable bonds is 5. The number of amides is 2. The number of nitrogens with zero attached hydrogens (tertiary/aromatic N) is 3. The van der Waals surface area contributed by atoms with E-state index in [-0.39, 0.29) is 43.8 Å². The molecule has 3 aromatic rings. The monoisotopic (exact) mass is 507 g/mol. The van der Waals surface area contributed by atoms with E-state index in [9.17, 15) is 25.0 Å². The highest BCUT2D eigenvalue weighted by atomic mass is 16.5. The van der Waals surface area contributed by atoms with Crippen molar-refractivity contribution < 1.29 is 29.4 Å². The Kier molecular flexibility index (Phi) is 7.12. The fourth-order valence-corrected chi connectivity index (χ4v) is 4.61. The SMILES string of the molecule is CN(O)C(=O)N1CCC(C(=O)O)(c2nc(-c3ccc(C(C)(C)C)cc3)c(-c3ccc(CO)cc3)o2)CC1. The molecule has 1 aliphatic rings. The van der Waals surface area contributed by atoms with Gasteiger partial charge >= 0.3 is 12.0 Å². The summed E-state index contributed by atoms with van der Waals surface area (Å²) in [7, 11) is 1.24. The van der Waals surface area contributed by atoms with Crippen LogP contribution in [-0.4, -0.2) is 62.5 Å². The van der Waals surface area contributed by atoms with Gasteiger partial charge in [0.2, 0.25) is 5.89 Å². The molecular formula is C28H33N3O6. The number of aromatic nitrogens is 1. The van der Waals surface area contributed by atoms with Crippen molar-refractivity contribution in [2.45, 2.75) is 51.0 Å². The second-order valence-corrected chi connectivity index (χ2v) is 10.6. The van der Waals surface area contributed by atoms with E-state index in [0.717, 1.165) is 16.7 Å². The topological polar surface area (TPSA) is 127 Å². The molecule has 1 saturated heterocycles. The van der Waals surface area contributed by atoms with Crippen molar-refractivity contribution in [2.75, 3.05) is 20.1 Å². The minimum atomic E-state index is -1.42. The molecule has 2 heterocycles. The number of hydrogen-bond acceptors (Lipinski definition) is 6. The average Bonchev–Trinajstić information content (AvgIpc) is 3.33. The molecule has 0 atom stereocenters. The molecule has 1 fully saturated rings. The van der Waals surface area contributed by atoms with Gasteiger partial charge in [-0.2, -0.15) is 0 Å². The summed E-state index contributed by atoms with van der Waals surface area (Å²) in [4.78, 5) is 31.0. The van der Waals surface area contributed by atoms with Gasteiger partial charge in [-0.3, -0.25) is 10.0 Å². The number of carbonyl (C=O) groups excluding carboxylic acids is 1. The summed E-state index contributed by atoms with van der Waals surface area (Å²) >= 11 is 0. The summed E-state index contributed by atoms with van der Waals surface area (Å²) in [6.07, 6.45) is 0.182. The first kappa shape index (κ1) is 26.4. The highest BCUT2D eigenvalue weighted by molar-refractivity contribution is 5.83. The van der Waals surface area contributed by atoms with E-state index in [2.05, 4.69) is 20.8 Å². The lowest BCUT2D eigenvalue weighted by Crippen LogP contribution is -2.51. The average molecular weight is 508 g/mol. The highest BCUT2D eigenvalue weighted by Gasteiger charge is 2.49. The summed E-state index contributed by atoms with van der Waals surface area (Å²) in [5, 5.41) is 29.8. The van der Waals surface area contributed by atoms with Crippen molar-refractivity contribution in [2.24, 2.45) is 0 Å². The Morgan fingerprint density at radius 1 is 1.03 bits per heavy atom. The predicted molar refractivity (Wildman–Crippen MR) is 137 cm³/mol. The maximum atomic E-state index is 12.6. The summed E-state index contributed by atoms with van der Waals surface area (Å²) in [6, 6.07) is 14.6. The van der Waals surface area contributed by atoms with Crippen LogP contribution in [0.5, 0.6) is 0 Å². The van der Waals surface area contributed by atoms with Gasteiger partial charge < -0.3 is 19.5 Å². The Morgan fingerprint density at radius 3 is 2.08 bits per heavy atom. The van der Waals surface area contributed by atoms with Crippen molar-refractivity contribution >= 4 is 12.0 Å². The van der Waals surface area contributed by atoms with Gasteiger partial charge in [0.05, 0.1) is 6.61 Å². The Labute approximate surface area is 215 Å². The summed E-state index contributed by atoms with van der Waals surface area (Å²) in [6.45, 7) is 6.57. The number of carbonyl (C=O) groups is 2. The summed E-state index contributed by atoms with van der Waals surface area (Å²) in [5.74, 6) is -0.548. The van der Waals surface area contributed by atoms with E-state index in [1.165, 1.54) is 11.9 Å². The Bertz CT molecular complexity index is 1260. The number of likely N-dealkylation sites (tertiary alicyclic amines) is 1. The number of hydroxylamine groups is 2. The number of aliphatic hydroxyl groups excluding tert-OH is 1. The molecule has 4 rings (SSSR count). The molecule has 0 spiro atoms. The number of aliphatic hydroxyl groups is 1. The second-order valence-electron chi connectivity index (χ2n) is 10.6. The van der Waals surface area contributed by atoms with Gasteiger partial charge in [-0.1, -0.05) is 69.3 Å². The number of hydrogen-bond donors (Lipinski definition) is 3. The van der Waals surface area contributed by atoms with Crippen molar-refractivity contribution in [3.63, 3.8) is 0 Å². The summed E-state index contributed by atoms with van der Waals surface area (Å²) < 4.78 is 6.26. The molecular weight excluding hydrogens is 474 g/mol. The highest BCUT2D eigenvalue weighted by Crippen LogP contribution is 2.42. The Hall–Kier alpha value is -3.69. The minimum absolute atomic E-state index is 0.0299. The van der Waals surface area contributed by atoms with E-state index in [1.54, 1.807) is 12.1 Å². The van der Waals surface area contributed by atoms with Gasteiger partial charge in [0, 0.05) is 31.3 Å². The molecule has 37 heavy (non-hydrogen) atoms. The van der Waals surface area contributed by atoms with Crippen LogP contribution in [0.1, 0.15) is 50.6 Å². The molecule has 3 N–H and O–H groups in total. The molecule has 2 aromatic carbocycles. The number of urea groups is 1. The summed E-state index contributed by atoms with van der Waals surface area (Å²) in [5.41, 5.74) is 2.47. The zero-order valence-corrected chi connectivity index (χ0v) is 21.6. The maximum absolute atomic E-state index is 12.6. The zero-order chi connectivity index (χ0) is 27.0. The smallest absolute Gasteiger partial charge is 0.343 e. The van der Waals surface area contributed by atoms with E-state index in [4.69, 9.17) is 9.40 Å². The fraction of sp³-hybridized carbons (Fsp3) is 0.393. The Balaban J connectivity index is 1.79. The van der Waals surface area contributed by atoms with Crippen LogP contribution in [0.4, 0.5) is 4.79 Å². The third kappa shape index (κ3) is 5.10. The molecule has 0 bridgehead atoms. The fourth-order valence-electron chi connectivity index (χ4n) is 4.61. The van der Waals surface area contributed by atoms with Crippen LogP contribution in [-0.2, 0) is 22.2 Å². The van der Waals surface area contributed by atoms with Gasteiger partial charge in [0.1, 0.15) is 11.1 Å². The normalized spacial score (nSPS) is 15.5. The van der Waals surface area contributed by atoms with Crippen LogP contribution in [0.25, 0.3) is 22.6 Å². The lowest BCUT2D eigenvalue weighted by Gasteiger charge is -2.37. The van der Waals surface area contributed by atoms with Crippen LogP contribution in [0.2, 0.25) is 0 Å². The van der Waals surface area contributed by atoms with Gasteiger partial charge in [0.15, 0.2) is 5.76 Å². The van der Waals surface area contributed by atoms with Crippen LogP contribution in [0.15, 0.2) is 52.9 Å². The van der Waals surface area contributed by atoms with Gasteiger partial charge in [-0.15, -0.1) is 0 Å². The second kappa shape index (κ2) is 9.99. The molecule has 0 radical (unpaired) electrons. The predicted octanol–water partition coefficient (Wildman–Crippen LogP) is 4.66. The van der Waals surface area contributed by atoms with E-state index in [0.29, 0.717) is 22.1 Å². The van der Waals surface area contributed by atoms with Gasteiger partial charge in [-0.25, -0.2) is 14.8 Å². The third-order valence-corrected chi connectivity index (χ3v) is 7.03. The van der Waals surface area contributed by atoms with Crippen molar-refractivity contribution in [3.05, 3.63) is 65.5 Å². The number of carboxylic acid groups (broad SMARTS) is 1. The molecule has 9 heteroatoms. The van der Waals surface area contributed by atoms with E-state index in [1.807, 2.05) is 36.4 Å². The number of carboxylic acids is 1. The minimum Gasteiger partial charge on any atom is -0.480 e. The first-order valence-electron chi connectivity index (χ1n) is 12.2. The molecule has 0 aliphatic carbocycles. The number of benzene rings is 2. The molecule has 2 amide bonds. The van der Waals surface area contributed by atoms with Crippen molar-refractivity contribution in [3.8, 4) is 22.6 Å². The lowest BCUT2D eigenvalue weighted by molar-refractivity contribution is -0.147. The number of piperidine rings is 1. The molecule has 1 aromatic heterocycles. The van der Waals surface area contributed by atoms with Crippen molar-refractivity contribution in [1.29, 1.82) is 0 Å². The van der Waals surface area contributed by atoms with Crippen LogP contribution in [0.3, 0.4) is 0 Å². The molecule has 1 aliphatic heterocycles. The first-order chi connectivity index (χ1) is 17.5. The third-order valence-electron chi connectivity index (χ3n) is 7.03. The standard InChI is InChI=1S/C28H33N3O6/c1-27(2,3)21-11-9-19(10-12-21)22-23(20-7-5-18(17-32)6-8-20)37-24(29-22)28(25(33)34)13-15-31(16-14-28)26(35)30(4)36/h5-12,32,36H,13-17H2,1-4H3,(H,33,34). The van der Waals surface area contributed by atoms with Gasteiger partial charge in [0.25, 0.3) is 0 Å². The maximum Gasteiger partial charge on any atom is 0.343 e. The zero-order valence-electron chi connectivity index (χ0n) is 21.6. The van der Waals surface area contributed by atoms with E-state index < -0.39 is 17.4 Å².